The molecule has 0 amide bonds. The Kier molecular flexibility index (Phi) is 7.23. The molecule has 0 spiro atoms. The highest BCUT2D eigenvalue weighted by atomic mass is 16.5. The molecular formula is C10H16O5. The molecule has 15 heavy (non-hydrogen) atoms. The van der Waals surface area contributed by atoms with Crippen LogP contribution in [0.1, 0.15) is 26.7 Å². The number of carbonyl (C=O) groups is 3. The maximum absolute atomic E-state index is 11.2. The van der Waals surface area contributed by atoms with Crippen LogP contribution in [-0.2, 0) is 23.9 Å². The second-order valence-corrected chi connectivity index (χ2v) is 2.92. The molecule has 0 saturated heterocycles. The minimum absolute atomic E-state index is 0.231. The maximum atomic E-state index is 11.2. The molecule has 86 valence electrons. The highest BCUT2D eigenvalue weighted by Gasteiger charge is 2.23. The van der Waals surface area contributed by atoms with Gasteiger partial charge in [-0.15, -0.1) is 0 Å². The predicted octanol–water partition coefficient (Wildman–Crippen LogP) is 0.708. The van der Waals surface area contributed by atoms with Crippen molar-refractivity contribution < 1.29 is 23.9 Å². The number of aldehydes is 1. The lowest BCUT2D eigenvalue weighted by Crippen LogP contribution is -2.23. The topological polar surface area (TPSA) is 69.7 Å². The van der Waals surface area contributed by atoms with Gasteiger partial charge < -0.3 is 14.3 Å². The van der Waals surface area contributed by atoms with E-state index < -0.39 is 17.9 Å². The van der Waals surface area contributed by atoms with E-state index >= 15 is 0 Å². The number of hydrogen-bond donors (Lipinski definition) is 0. The average molecular weight is 216 g/mol. The van der Waals surface area contributed by atoms with E-state index in [-0.39, 0.29) is 19.6 Å². The molecule has 1 unspecified atom stereocenters. The van der Waals surface area contributed by atoms with Gasteiger partial charge in [0.15, 0.2) is 0 Å². The molecule has 1 atom stereocenters. The van der Waals surface area contributed by atoms with Gasteiger partial charge in [-0.05, 0) is 13.3 Å². The van der Waals surface area contributed by atoms with Crippen molar-refractivity contribution in [1.29, 1.82) is 0 Å². The third kappa shape index (κ3) is 5.83. The first-order valence-corrected chi connectivity index (χ1v) is 4.93. The van der Waals surface area contributed by atoms with E-state index in [9.17, 15) is 14.4 Å². The molecule has 0 rings (SSSR count). The van der Waals surface area contributed by atoms with Gasteiger partial charge in [-0.3, -0.25) is 9.59 Å². The van der Waals surface area contributed by atoms with Gasteiger partial charge in [-0.25, -0.2) is 0 Å². The molecule has 0 aromatic heterocycles. The SMILES string of the molecule is CCCOC(=O)C(C=O)CC(=O)OCC. The van der Waals surface area contributed by atoms with Crippen LogP contribution in [0.3, 0.4) is 0 Å². The number of esters is 2. The molecule has 0 radical (unpaired) electrons. The first kappa shape index (κ1) is 13.6. The highest BCUT2D eigenvalue weighted by molar-refractivity contribution is 5.91. The average Bonchev–Trinajstić information content (AvgIpc) is 2.22. The van der Waals surface area contributed by atoms with Gasteiger partial charge in [-0.2, -0.15) is 0 Å². The number of rotatable bonds is 7. The zero-order valence-corrected chi connectivity index (χ0v) is 9.02. The van der Waals surface area contributed by atoms with Gasteiger partial charge in [0, 0.05) is 0 Å². The van der Waals surface area contributed by atoms with Crippen molar-refractivity contribution in [2.24, 2.45) is 5.92 Å². The molecule has 0 N–H and O–H groups in total. The molecule has 0 heterocycles. The summed E-state index contributed by atoms with van der Waals surface area (Å²) >= 11 is 0. The van der Waals surface area contributed by atoms with Gasteiger partial charge in [0.1, 0.15) is 12.2 Å². The molecule has 0 aliphatic heterocycles. The van der Waals surface area contributed by atoms with E-state index in [0.29, 0.717) is 12.7 Å². The fourth-order valence-corrected chi connectivity index (χ4v) is 0.896. The monoisotopic (exact) mass is 216 g/mol. The Morgan fingerprint density at radius 3 is 2.40 bits per heavy atom. The molecule has 5 nitrogen and oxygen atoms in total. The van der Waals surface area contributed by atoms with Crippen LogP contribution in [0.2, 0.25) is 0 Å². The summed E-state index contributed by atoms with van der Waals surface area (Å²) in [6.45, 7) is 3.98. The van der Waals surface area contributed by atoms with Crippen LogP contribution < -0.4 is 0 Å². The van der Waals surface area contributed by atoms with E-state index in [4.69, 9.17) is 4.74 Å². The van der Waals surface area contributed by atoms with Gasteiger partial charge in [0.2, 0.25) is 0 Å². The van der Waals surface area contributed by atoms with E-state index in [1.807, 2.05) is 6.92 Å². The van der Waals surface area contributed by atoms with Crippen LogP contribution in [0.4, 0.5) is 0 Å². The third-order valence-electron chi connectivity index (χ3n) is 1.61. The smallest absolute Gasteiger partial charge is 0.316 e. The number of ether oxygens (including phenoxy) is 2. The van der Waals surface area contributed by atoms with Gasteiger partial charge in [-0.1, -0.05) is 6.92 Å². The minimum atomic E-state index is -1.05. The second-order valence-electron chi connectivity index (χ2n) is 2.92. The summed E-state index contributed by atoms with van der Waals surface area (Å²) < 4.78 is 9.37. The Bertz CT molecular complexity index is 224. The minimum Gasteiger partial charge on any atom is -0.466 e. The van der Waals surface area contributed by atoms with Crippen molar-refractivity contribution in [2.45, 2.75) is 26.7 Å². The van der Waals surface area contributed by atoms with Crippen LogP contribution in [0.5, 0.6) is 0 Å². The molecule has 0 aromatic carbocycles. The molecule has 0 aromatic rings. The first-order valence-electron chi connectivity index (χ1n) is 4.93. The summed E-state index contributed by atoms with van der Waals surface area (Å²) in [7, 11) is 0. The molecule has 5 heteroatoms. The molecule has 0 fully saturated rings. The Morgan fingerprint density at radius 2 is 1.93 bits per heavy atom. The quantitative estimate of drug-likeness (QED) is 0.356. The van der Waals surface area contributed by atoms with E-state index in [2.05, 4.69) is 4.74 Å². The van der Waals surface area contributed by atoms with Crippen molar-refractivity contribution in [3.63, 3.8) is 0 Å². The summed E-state index contributed by atoms with van der Waals surface area (Å²) in [6, 6.07) is 0. The van der Waals surface area contributed by atoms with E-state index in [0.717, 1.165) is 0 Å². The summed E-state index contributed by atoms with van der Waals surface area (Å²) in [5.74, 6) is -2.28. The molecule has 0 bridgehead atoms. The maximum Gasteiger partial charge on any atom is 0.316 e. The van der Waals surface area contributed by atoms with Crippen LogP contribution >= 0.6 is 0 Å². The Balaban J connectivity index is 4.05. The summed E-state index contributed by atoms with van der Waals surface area (Å²) in [5, 5.41) is 0. The van der Waals surface area contributed by atoms with Crippen molar-refractivity contribution in [3.8, 4) is 0 Å². The van der Waals surface area contributed by atoms with Crippen LogP contribution in [0.15, 0.2) is 0 Å². The lowest BCUT2D eigenvalue weighted by Gasteiger charge is -2.08. The number of hydrogen-bond acceptors (Lipinski definition) is 5. The van der Waals surface area contributed by atoms with E-state index in [1.165, 1.54) is 0 Å². The van der Waals surface area contributed by atoms with Crippen molar-refractivity contribution >= 4 is 18.2 Å². The van der Waals surface area contributed by atoms with Crippen LogP contribution in [-0.4, -0.2) is 31.4 Å². The number of carbonyl (C=O) groups excluding carboxylic acids is 3. The van der Waals surface area contributed by atoms with Crippen LogP contribution in [0.25, 0.3) is 0 Å². The molecule has 0 aliphatic rings. The lowest BCUT2D eigenvalue weighted by molar-refractivity contribution is -0.156. The lowest BCUT2D eigenvalue weighted by atomic mass is 10.1. The van der Waals surface area contributed by atoms with Crippen LogP contribution in [0, 0.1) is 5.92 Å². The predicted molar refractivity (Wildman–Crippen MR) is 52.1 cm³/mol. The summed E-state index contributed by atoms with van der Waals surface area (Å²) in [4.78, 5) is 32.8. The zero-order valence-electron chi connectivity index (χ0n) is 9.02. The van der Waals surface area contributed by atoms with Gasteiger partial charge in [0.05, 0.1) is 19.6 Å². The fourth-order valence-electron chi connectivity index (χ4n) is 0.896. The van der Waals surface area contributed by atoms with Gasteiger partial charge in [0.25, 0.3) is 0 Å². The molecule has 0 saturated carbocycles. The summed E-state index contributed by atoms with van der Waals surface area (Å²) in [5.41, 5.74) is 0. The summed E-state index contributed by atoms with van der Waals surface area (Å²) in [6.07, 6.45) is 0.839. The van der Waals surface area contributed by atoms with Crippen molar-refractivity contribution in [3.05, 3.63) is 0 Å². The highest BCUT2D eigenvalue weighted by Crippen LogP contribution is 2.04. The standard InChI is InChI=1S/C10H16O5/c1-3-5-15-10(13)8(7-11)6-9(12)14-4-2/h7-8H,3-6H2,1-2H3. The Labute approximate surface area is 88.7 Å². The first-order chi connectivity index (χ1) is 7.15. The zero-order chi connectivity index (χ0) is 11.7. The van der Waals surface area contributed by atoms with E-state index in [1.54, 1.807) is 6.92 Å². The largest absolute Gasteiger partial charge is 0.466 e. The van der Waals surface area contributed by atoms with Gasteiger partial charge >= 0.3 is 11.9 Å². The Morgan fingerprint density at radius 1 is 1.27 bits per heavy atom. The fraction of sp³-hybridized carbons (Fsp3) is 0.700. The molecular weight excluding hydrogens is 200 g/mol. The molecule has 0 aliphatic carbocycles. The normalized spacial score (nSPS) is 11.6. The second kappa shape index (κ2) is 7.96. The van der Waals surface area contributed by atoms with Crippen molar-refractivity contribution in [1.82, 2.24) is 0 Å². The Hall–Kier alpha value is -1.39. The van der Waals surface area contributed by atoms with Crippen molar-refractivity contribution in [2.75, 3.05) is 13.2 Å². The third-order valence-corrected chi connectivity index (χ3v) is 1.61.